The van der Waals surface area contributed by atoms with E-state index in [0.717, 1.165) is 0 Å². The molecule has 0 saturated carbocycles. The highest BCUT2D eigenvalue weighted by atomic mass is 16.6. The van der Waals surface area contributed by atoms with Gasteiger partial charge in [-0.25, -0.2) is 0 Å². The first-order chi connectivity index (χ1) is 10.5. The molecule has 0 unspecified atom stereocenters. The van der Waals surface area contributed by atoms with Crippen molar-refractivity contribution in [2.24, 2.45) is 0 Å². The van der Waals surface area contributed by atoms with Crippen molar-refractivity contribution in [1.29, 1.82) is 0 Å². The largest absolute Gasteiger partial charge is 0.347 e. The van der Waals surface area contributed by atoms with Gasteiger partial charge in [-0.2, -0.15) is 0 Å². The predicted molar refractivity (Wildman–Crippen MR) is 81.3 cm³/mol. The molecule has 0 atom stereocenters. The van der Waals surface area contributed by atoms with E-state index in [9.17, 15) is 25.0 Å². The van der Waals surface area contributed by atoms with Crippen LogP contribution in [0.5, 0.6) is 0 Å². The zero-order valence-electron chi connectivity index (χ0n) is 11.2. The van der Waals surface area contributed by atoms with Crippen molar-refractivity contribution in [1.82, 2.24) is 0 Å². The van der Waals surface area contributed by atoms with Crippen molar-refractivity contribution in [2.75, 3.05) is 0 Å². The Hall–Kier alpha value is -3.35. The van der Waals surface area contributed by atoms with Crippen LogP contribution in [-0.4, -0.2) is 20.4 Å². The summed E-state index contributed by atoms with van der Waals surface area (Å²) in [5.41, 5.74) is 1.04. The maximum atomic E-state index is 10.5. The van der Waals surface area contributed by atoms with Crippen molar-refractivity contribution in [3.63, 3.8) is 0 Å². The summed E-state index contributed by atoms with van der Waals surface area (Å²) in [7, 11) is 0. The number of nitro benzene ring substituents is 2. The normalized spacial score (nSPS) is 10.5. The van der Waals surface area contributed by atoms with E-state index in [0.29, 0.717) is 11.1 Å². The molecule has 0 aliphatic heterocycles. The van der Waals surface area contributed by atoms with Crippen molar-refractivity contribution in [3.05, 3.63) is 86.0 Å². The SMILES string of the molecule is O=[N+]([O-])c1ccc(/C=C/C(=[OH+])c2ccc([N+](=O)[O-])cc2)cc1. The summed E-state index contributed by atoms with van der Waals surface area (Å²) in [6, 6.07) is 11.3. The van der Waals surface area contributed by atoms with E-state index >= 15 is 0 Å². The van der Waals surface area contributed by atoms with E-state index in [1.54, 1.807) is 18.2 Å². The molecule has 0 aromatic heterocycles. The van der Waals surface area contributed by atoms with Crippen LogP contribution in [0.15, 0.2) is 54.6 Å². The molecule has 1 N–H and O–H groups in total. The van der Waals surface area contributed by atoms with Gasteiger partial charge < -0.3 is 0 Å². The average Bonchev–Trinajstić information content (AvgIpc) is 2.53. The van der Waals surface area contributed by atoms with E-state index in [-0.39, 0.29) is 17.2 Å². The summed E-state index contributed by atoms with van der Waals surface area (Å²) in [6.07, 6.45) is 3.00. The number of hydrogen-bond donors (Lipinski definition) is 0. The second kappa shape index (κ2) is 6.40. The van der Waals surface area contributed by atoms with Gasteiger partial charge in [0.05, 0.1) is 15.4 Å². The van der Waals surface area contributed by atoms with Gasteiger partial charge in [0.1, 0.15) is 0 Å². The number of rotatable bonds is 5. The average molecular weight is 299 g/mol. The second-order valence-corrected chi connectivity index (χ2v) is 4.37. The number of ketones is 1. The lowest BCUT2D eigenvalue weighted by molar-refractivity contribution is -0.385. The molecule has 2 rings (SSSR count). The molecule has 7 nitrogen and oxygen atoms in total. The molecule has 0 bridgehead atoms. The Morgan fingerprint density at radius 2 is 1.32 bits per heavy atom. The van der Waals surface area contributed by atoms with Crippen LogP contribution in [0.25, 0.3) is 6.08 Å². The van der Waals surface area contributed by atoms with Crippen LogP contribution in [0.4, 0.5) is 11.4 Å². The van der Waals surface area contributed by atoms with Gasteiger partial charge in [0.2, 0.25) is 0 Å². The quantitative estimate of drug-likeness (QED) is 0.278. The van der Waals surface area contributed by atoms with Crippen LogP contribution in [0.3, 0.4) is 0 Å². The van der Waals surface area contributed by atoms with Crippen LogP contribution >= 0.6 is 0 Å². The van der Waals surface area contributed by atoms with E-state index in [1.807, 2.05) is 0 Å². The van der Waals surface area contributed by atoms with Gasteiger partial charge >= 0.3 is 5.78 Å². The number of hydrogen-bond acceptors (Lipinski definition) is 4. The van der Waals surface area contributed by atoms with Crippen molar-refractivity contribution < 1.29 is 14.6 Å². The highest BCUT2D eigenvalue weighted by molar-refractivity contribution is 6.07. The van der Waals surface area contributed by atoms with Crippen LogP contribution in [0.1, 0.15) is 11.1 Å². The lowest BCUT2D eigenvalue weighted by atomic mass is 10.1. The lowest BCUT2D eigenvalue weighted by Gasteiger charge is -1.94. The lowest BCUT2D eigenvalue weighted by Crippen LogP contribution is -1.96. The summed E-state index contributed by atoms with van der Waals surface area (Å²) in [4.78, 5) is 30.0. The van der Waals surface area contributed by atoms with Crippen molar-refractivity contribution >= 4 is 23.2 Å². The third kappa shape index (κ3) is 3.60. The summed E-state index contributed by atoms with van der Waals surface area (Å²) < 4.78 is 0. The summed E-state index contributed by atoms with van der Waals surface area (Å²) >= 11 is 0. The molecule has 2 aromatic rings. The van der Waals surface area contributed by atoms with Gasteiger partial charge in [-0.1, -0.05) is 0 Å². The van der Waals surface area contributed by atoms with Gasteiger partial charge in [-0.05, 0) is 35.9 Å². The van der Waals surface area contributed by atoms with E-state index < -0.39 is 9.85 Å². The van der Waals surface area contributed by atoms with Crippen LogP contribution < -0.4 is 0 Å². The number of nitrogens with zero attached hydrogens (tertiary/aromatic N) is 2. The molecule has 0 radical (unpaired) electrons. The minimum Gasteiger partial charge on any atom is -0.273 e. The van der Waals surface area contributed by atoms with Gasteiger partial charge in [0, 0.05) is 30.3 Å². The number of carbonyl (C=O) groups excluding carboxylic acids is 1. The monoisotopic (exact) mass is 299 g/mol. The Kier molecular flexibility index (Phi) is 4.38. The molecule has 0 heterocycles. The highest BCUT2D eigenvalue weighted by Gasteiger charge is 2.11. The van der Waals surface area contributed by atoms with Crippen LogP contribution in [0.2, 0.25) is 0 Å². The number of nitro groups is 2. The molecule has 0 aliphatic carbocycles. The third-order valence-corrected chi connectivity index (χ3v) is 2.91. The zero-order valence-corrected chi connectivity index (χ0v) is 11.2. The first-order valence-corrected chi connectivity index (χ1v) is 6.20. The Labute approximate surface area is 124 Å². The molecular weight excluding hydrogens is 288 g/mol. The molecule has 22 heavy (non-hydrogen) atoms. The fourth-order valence-corrected chi connectivity index (χ4v) is 1.73. The fraction of sp³-hybridized carbons (Fsp3) is 0. The topological polar surface area (TPSA) is 108 Å². The third-order valence-electron chi connectivity index (χ3n) is 2.91. The minimum absolute atomic E-state index is 0.0132. The number of non-ortho nitro benzene ring substituents is 2. The Bertz CT molecular complexity index is 749. The standard InChI is InChI=1S/C15H10N2O5/c18-15(12-4-8-14(9-5-12)17(21)22)10-3-11-1-6-13(7-2-11)16(19)20/h1-10H/p+1/b10-3+. The van der Waals surface area contributed by atoms with E-state index in [2.05, 4.69) is 0 Å². The van der Waals surface area contributed by atoms with Crippen LogP contribution in [-0.2, 0) is 0 Å². The smallest absolute Gasteiger partial charge is 0.273 e. The molecule has 110 valence electrons. The summed E-state index contributed by atoms with van der Waals surface area (Å²) in [5.74, 6) is -0.0618. The zero-order chi connectivity index (χ0) is 16.1. The maximum Gasteiger partial charge on any atom is 0.347 e. The van der Waals surface area contributed by atoms with Crippen molar-refractivity contribution in [3.8, 4) is 0 Å². The minimum atomic E-state index is -0.520. The Balaban J connectivity index is 2.10. The molecule has 0 saturated heterocycles. The molecular formula is C15H11N2O5+. The molecule has 0 aliphatic rings. The molecule has 2 aromatic carbocycles. The van der Waals surface area contributed by atoms with Gasteiger partial charge in [-0.3, -0.25) is 25.0 Å². The number of benzene rings is 2. The Morgan fingerprint density at radius 1 is 0.864 bits per heavy atom. The van der Waals surface area contributed by atoms with Gasteiger partial charge in [0.25, 0.3) is 11.4 Å². The predicted octanol–water partition coefficient (Wildman–Crippen LogP) is 3.11. The molecule has 0 spiro atoms. The number of allylic oxidation sites excluding steroid dienone is 1. The first-order valence-electron chi connectivity index (χ1n) is 6.20. The molecule has 0 fully saturated rings. The van der Waals surface area contributed by atoms with Crippen LogP contribution in [0, 0.1) is 20.2 Å². The fourth-order valence-electron chi connectivity index (χ4n) is 1.73. The molecule has 7 heteroatoms. The summed E-state index contributed by atoms with van der Waals surface area (Å²) in [6.45, 7) is 0. The van der Waals surface area contributed by atoms with E-state index in [1.165, 1.54) is 42.5 Å². The second-order valence-electron chi connectivity index (χ2n) is 4.37. The van der Waals surface area contributed by atoms with Gasteiger partial charge in [0.15, 0.2) is 0 Å². The van der Waals surface area contributed by atoms with Gasteiger partial charge in [-0.15, -0.1) is 0 Å². The van der Waals surface area contributed by atoms with Crippen molar-refractivity contribution in [2.45, 2.75) is 0 Å². The Morgan fingerprint density at radius 3 is 1.77 bits per heavy atom. The molecule has 0 amide bonds. The van der Waals surface area contributed by atoms with E-state index in [4.69, 9.17) is 0 Å². The maximum absolute atomic E-state index is 10.5. The summed E-state index contributed by atoms with van der Waals surface area (Å²) in [5, 5.41) is 21.1. The first kappa shape index (κ1) is 15.0. The highest BCUT2D eigenvalue weighted by Crippen LogP contribution is 2.15.